The second kappa shape index (κ2) is 5.63. The van der Waals surface area contributed by atoms with Gasteiger partial charge in [-0.2, -0.15) is 0 Å². The van der Waals surface area contributed by atoms with Gasteiger partial charge in [0.15, 0.2) is 17.7 Å². The second-order valence-electron chi connectivity index (χ2n) is 5.61. The van der Waals surface area contributed by atoms with Gasteiger partial charge in [0.2, 0.25) is 0 Å². The first-order chi connectivity index (χ1) is 8.95. The Balaban J connectivity index is 2.00. The van der Waals surface area contributed by atoms with Gasteiger partial charge in [-0.15, -0.1) is 0 Å². The van der Waals surface area contributed by atoms with Crippen molar-refractivity contribution in [1.82, 2.24) is 0 Å². The standard InChI is InChI=1S/C13H24O6/c1-4-5-6-16-7-9-10-13(8-14,11(15)17-9)19-12(2,3)18-10/h9-11,14-15H,4-8H2,1-3H3/t9-,10?,11?,13-/m1/s1. The van der Waals surface area contributed by atoms with Crippen LogP contribution in [0.15, 0.2) is 0 Å². The number of ether oxygens (including phenoxy) is 4. The molecule has 0 amide bonds. The number of aliphatic hydroxyl groups is 2. The maximum Gasteiger partial charge on any atom is 0.189 e. The molecule has 4 atom stereocenters. The topological polar surface area (TPSA) is 77.4 Å². The quantitative estimate of drug-likeness (QED) is 0.684. The summed E-state index contributed by atoms with van der Waals surface area (Å²) in [5, 5.41) is 19.6. The smallest absolute Gasteiger partial charge is 0.189 e. The van der Waals surface area contributed by atoms with Crippen LogP contribution in [-0.4, -0.2) is 59.9 Å². The Morgan fingerprint density at radius 3 is 2.68 bits per heavy atom. The molecule has 2 saturated heterocycles. The lowest BCUT2D eigenvalue weighted by Crippen LogP contribution is -2.50. The van der Waals surface area contributed by atoms with E-state index in [0.717, 1.165) is 12.8 Å². The van der Waals surface area contributed by atoms with Gasteiger partial charge in [0, 0.05) is 6.61 Å². The summed E-state index contributed by atoms with van der Waals surface area (Å²) in [5.74, 6) is -0.847. The minimum Gasteiger partial charge on any atom is -0.393 e. The fraction of sp³-hybridized carbons (Fsp3) is 1.00. The van der Waals surface area contributed by atoms with Gasteiger partial charge >= 0.3 is 0 Å². The van der Waals surface area contributed by atoms with E-state index in [2.05, 4.69) is 6.92 Å². The maximum atomic E-state index is 10.0. The molecule has 2 unspecified atom stereocenters. The van der Waals surface area contributed by atoms with E-state index in [0.29, 0.717) is 13.2 Å². The van der Waals surface area contributed by atoms with E-state index < -0.39 is 29.9 Å². The molecule has 2 aliphatic heterocycles. The fourth-order valence-electron chi connectivity index (χ4n) is 2.65. The molecule has 112 valence electrons. The highest BCUT2D eigenvalue weighted by atomic mass is 16.8. The lowest BCUT2D eigenvalue weighted by molar-refractivity contribution is -0.255. The van der Waals surface area contributed by atoms with Gasteiger partial charge in [-0.05, 0) is 20.3 Å². The summed E-state index contributed by atoms with van der Waals surface area (Å²) in [6.07, 6.45) is -0.118. The predicted octanol–water partition coefficient (Wildman–Crippen LogP) is 0.403. The van der Waals surface area contributed by atoms with Crippen LogP contribution >= 0.6 is 0 Å². The zero-order valence-corrected chi connectivity index (χ0v) is 11.8. The predicted molar refractivity (Wildman–Crippen MR) is 66.5 cm³/mol. The zero-order chi connectivity index (χ0) is 14.1. The summed E-state index contributed by atoms with van der Waals surface area (Å²) in [6, 6.07) is 0. The van der Waals surface area contributed by atoms with Crippen LogP contribution in [0.1, 0.15) is 33.6 Å². The van der Waals surface area contributed by atoms with Crippen LogP contribution in [0, 0.1) is 0 Å². The number of hydrogen-bond acceptors (Lipinski definition) is 6. The molecule has 2 aliphatic rings. The first kappa shape index (κ1) is 15.2. The minimum atomic E-state index is -1.21. The molecule has 2 N–H and O–H groups in total. The Labute approximate surface area is 113 Å². The van der Waals surface area contributed by atoms with E-state index in [-0.39, 0.29) is 6.61 Å². The SMILES string of the molecule is CCCCOC[C@H]1OC(O)[C@]2(CO)OC(C)(C)OC12. The number of unbranched alkanes of at least 4 members (excludes halogenated alkanes) is 1. The van der Waals surface area contributed by atoms with Gasteiger partial charge in [-0.3, -0.25) is 0 Å². The number of hydrogen-bond donors (Lipinski definition) is 2. The summed E-state index contributed by atoms with van der Waals surface area (Å²) in [5.41, 5.74) is -1.21. The Hall–Kier alpha value is -0.240. The Morgan fingerprint density at radius 2 is 2.05 bits per heavy atom. The van der Waals surface area contributed by atoms with Gasteiger partial charge < -0.3 is 29.2 Å². The van der Waals surface area contributed by atoms with E-state index in [1.54, 1.807) is 13.8 Å². The van der Waals surface area contributed by atoms with E-state index in [1.807, 2.05) is 0 Å². The highest BCUT2D eigenvalue weighted by molar-refractivity contribution is 5.06. The van der Waals surface area contributed by atoms with Crippen molar-refractivity contribution in [1.29, 1.82) is 0 Å². The average molecular weight is 276 g/mol. The molecule has 0 aromatic carbocycles. The van der Waals surface area contributed by atoms with Crippen LogP contribution in [0.5, 0.6) is 0 Å². The third kappa shape index (κ3) is 2.79. The van der Waals surface area contributed by atoms with Crippen molar-refractivity contribution in [2.45, 2.75) is 63.5 Å². The van der Waals surface area contributed by atoms with Crippen molar-refractivity contribution >= 4 is 0 Å². The van der Waals surface area contributed by atoms with Gasteiger partial charge in [-0.1, -0.05) is 13.3 Å². The summed E-state index contributed by atoms with van der Waals surface area (Å²) in [4.78, 5) is 0. The lowest BCUT2D eigenvalue weighted by Gasteiger charge is -2.27. The normalized spacial score (nSPS) is 40.6. The van der Waals surface area contributed by atoms with Crippen LogP contribution < -0.4 is 0 Å². The zero-order valence-electron chi connectivity index (χ0n) is 11.8. The van der Waals surface area contributed by atoms with E-state index >= 15 is 0 Å². The third-order valence-corrected chi connectivity index (χ3v) is 3.56. The number of aliphatic hydroxyl groups excluding tert-OH is 2. The number of fused-ring (bicyclic) bond motifs is 1. The lowest BCUT2D eigenvalue weighted by atomic mass is 9.96. The largest absolute Gasteiger partial charge is 0.393 e. The Morgan fingerprint density at radius 1 is 1.32 bits per heavy atom. The Kier molecular flexibility index (Phi) is 4.49. The van der Waals surface area contributed by atoms with Gasteiger partial charge in [-0.25, -0.2) is 0 Å². The molecule has 6 nitrogen and oxygen atoms in total. The average Bonchev–Trinajstić information content (AvgIpc) is 2.77. The molecule has 0 bridgehead atoms. The summed E-state index contributed by atoms with van der Waals surface area (Å²) in [6.45, 7) is 6.22. The number of rotatable bonds is 6. The Bertz CT molecular complexity index is 308. The van der Waals surface area contributed by atoms with Crippen LogP contribution in [0.2, 0.25) is 0 Å². The molecule has 0 radical (unpaired) electrons. The monoisotopic (exact) mass is 276 g/mol. The molecule has 19 heavy (non-hydrogen) atoms. The van der Waals surface area contributed by atoms with Gasteiger partial charge in [0.25, 0.3) is 0 Å². The summed E-state index contributed by atoms with van der Waals surface area (Å²) in [7, 11) is 0. The fourth-order valence-corrected chi connectivity index (χ4v) is 2.65. The summed E-state index contributed by atoms with van der Waals surface area (Å²) >= 11 is 0. The van der Waals surface area contributed by atoms with E-state index in [1.165, 1.54) is 0 Å². The van der Waals surface area contributed by atoms with Crippen LogP contribution in [-0.2, 0) is 18.9 Å². The second-order valence-corrected chi connectivity index (χ2v) is 5.61. The molecule has 0 aromatic rings. The molecule has 2 fully saturated rings. The van der Waals surface area contributed by atoms with Crippen molar-refractivity contribution in [2.24, 2.45) is 0 Å². The van der Waals surface area contributed by atoms with Gasteiger partial charge in [0.05, 0.1) is 13.2 Å². The van der Waals surface area contributed by atoms with Crippen LogP contribution in [0.3, 0.4) is 0 Å². The van der Waals surface area contributed by atoms with Crippen molar-refractivity contribution < 1.29 is 29.2 Å². The molecule has 2 heterocycles. The van der Waals surface area contributed by atoms with Crippen LogP contribution in [0.4, 0.5) is 0 Å². The first-order valence-corrected chi connectivity index (χ1v) is 6.85. The third-order valence-electron chi connectivity index (χ3n) is 3.56. The molecular formula is C13H24O6. The van der Waals surface area contributed by atoms with Crippen molar-refractivity contribution in [3.8, 4) is 0 Å². The molecular weight excluding hydrogens is 252 g/mol. The molecule has 2 rings (SSSR count). The van der Waals surface area contributed by atoms with Crippen molar-refractivity contribution in [3.05, 3.63) is 0 Å². The highest BCUT2D eigenvalue weighted by Crippen LogP contribution is 2.45. The molecule has 0 aliphatic carbocycles. The van der Waals surface area contributed by atoms with Crippen molar-refractivity contribution in [2.75, 3.05) is 19.8 Å². The maximum absolute atomic E-state index is 10.0. The van der Waals surface area contributed by atoms with E-state index in [9.17, 15) is 10.2 Å². The van der Waals surface area contributed by atoms with Crippen molar-refractivity contribution in [3.63, 3.8) is 0 Å². The van der Waals surface area contributed by atoms with Gasteiger partial charge in [0.1, 0.15) is 12.2 Å². The molecule has 6 heteroatoms. The van der Waals surface area contributed by atoms with Crippen LogP contribution in [0.25, 0.3) is 0 Å². The molecule has 0 aromatic heterocycles. The molecule has 0 spiro atoms. The van der Waals surface area contributed by atoms with E-state index in [4.69, 9.17) is 18.9 Å². The summed E-state index contributed by atoms with van der Waals surface area (Å²) < 4.78 is 22.4. The minimum absolute atomic E-state index is 0.322. The molecule has 0 saturated carbocycles. The highest BCUT2D eigenvalue weighted by Gasteiger charge is 2.65. The first-order valence-electron chi connectivity index (χ1n) is 6.85.